The molecule has 1 aliphatic rings. The molecule has 3 rings (SSSR count). The van der Waals surface area contributed by atoms with Gasteiger partial charge in [-0.15, -0.1) is 0 Å². The van der Waals surface area contributed by atoms with Crippen molar-refractivity contribution >= 4 is 31.6 Å². The molecule has 2 aromatic rings. The zero-order valence-electron chi connectivity index (χ0n) is 12.8. The van der Waals surface area contributed by atoms with Crippen molar-refractivity contribution in [1.29, 1.82) is 0 Å². The molecule has 7 heteroatoms. The van der Waals surface area contributed by atoms with Gasteiger partial charge in [0.1, 0.15) is 0 Å². The molecule has 0 bridgehead atoms. The Hall–Kier alpha value is -1.18. The Morgan fingerprint density at radius 2 is 2.14 bits per heavy atom. The smallest absolute Gasteiger partial charge is 0.299 e. The average Bonchev–Trinajstić information content (AvgIpc) is 2.81. The minimum absolute atomic E-state index is 0.0429. The summed E-state index contributed by atoms with van der Waals surface area (Å²) < 4.78 is 29.5. The first-order valence-corrected chi connectivity index (χ1v) is 9.82. The number of aromatic nitrogens is 1. The van der Waals surface area contributed by atoms with Crippen molar-refractivity contribution in [3.63, 3.8) is 0 Å². The van der Waals surface area contributed by atoms with Gasteiger partial charge in [-0.2, -0.15) is 4.31 Å². The fourth-order valence-electron chi connectivity index (χ4n) is 3.02. The SMILES string of the molecule is CCn1c(=O)sc2cc(S(=O)(=O)N3CCCC(C)C3)ccc21. The molecule has 1 aromatic heterocycles. The summed E-state index contributed by atoms with van der Waals surface area (Å²) in [6, 6.07) is 5.01. The zero-order valence-corrected chi connectivity index (χ0v) is 14.4. The molecule has 5 nitrogen and oxygen atoms in total. The van der Waals surface area contributed by atoms with Crippen molar-refractivity contribution in [2.75, 3.05) is 13.1 Å². The van der Waals surface area contributed by atoms with Gasteiger partial charge in [-0.05, 0) is 43.9 Å². The molecule has 1 fully saturated rings. The highest BCUT2D eigenvalue weighted by Crippen LogP contribution is 2.27. The van der Waals surface area contributed by atoms with Crippen molar-refractivity contribution in [2.45, 2.75) is 38.1 Å². The van der Waals surface area contributed by atoms with Crippen LogP contribution in [0.15, 0.2) is 27.9 Å². The summed E-state index contributed by atoms with van der Waals surface area (Å²) in [6.07, 6.45) is 1.98. The zero-order chi connectivity index (χ0) is 15.9. The second-order valence-electron chi connectivity index (χ2n) is 5.85. The molecule has 22 heavy (non-hydrogen) atoms. The molecular weight excluding hydrogens is 320 g/mol. The van der Waals surface area contributed by atoms with E-state index < -0.39 is 10.0 Å². The Morgan fingerprint density at radius 1 is 1.36 bits per heavy atom. The highest BCUT2D eigenvalue weighted by Gasteiger charge is 2.29. The number of hydrogen-bond donors (Lipinski definition) is 0. The van der Waals surface area contributed by atoms with Gasteiger partial charge in [-0.25, -0.2) is 8.42 Å². The van der Waals surface area contributed by atoms with Crippen LogP contribution in [0.3, 0.4) is 0 Å². The maximum atomic E-state index is 12.8. The molecule has 0 saturated carbocycles. The molecule has 1 saturated heterocycles. The highest BCUT2D eigenvalue weighted by atomic mass is 32.2. The quantitative estimate of drug-likeness (QED) is 0.862. The number of thiazole rings is 1. The molecule has 0 amide bonds. The van der Waals surface area contributed by atoms with E-state index in [2.05, 4.69) is 6.92 Å². The molecule has 0 spiro atoms. The number of piperidine rings is 1. The van der Waals surface area contributed by atoms with Crippen LogP contribution in [-0.2, 0) is 16.6 Å². The van der Waals surface area contributed by atoms with E-state index in [9.17, 15) is 13.2 Å². The van der Waals surface area contributed by atoms with Crippen LogP contribution in [0.4, 0.5) is 0 Å². The van der Waals surface area contributed by atoms with E-state index >= 15 is 0 Å². The van der Waals surface area contributed by atoms with Crippen LogP contribution in [0.25, 0.3) is 10.2 Å². The van der Waals surface area contributed by atoms with Gasteiger partial charge < -0.3 is 0 Å². The molecule has 1 unspecified atom stereocenters. The Bertz CT molecular complexity index is 851. The van der Waals surface area contributed by atoms with Crippen LogP contribution >= 0.6 is 11.3 Å². The van der Waals surface area contributed by atoms with Gasteiger partial charge in [0.15, 0.2) is 0 Å². The first-order valence-electron chi connectivity index (χ1n) is 7.57. The molecule has 0 radical (unpaired) electrons. The minimum atomic E-state index is -3.47. The van der Waals surface area contributed by atoms with Gasteiger partial charge in [0, 0.05) is 19.6 Å². The fraction of sp³-hybridized carbons (Fsp3) is 0.533. The third-order valence-corrected chi connectivity index (χ3v) is 7.02. The van der Waals surface area contributed by atoms with Crippen LogP contribution < -0.4 is 4.87 Å². The molecule has 1 aromatic carbocycles. The molecule has 1 aliphatic heterocycles. The van der Waals surface area contributed by atoms with Gasteiger partial charge in [-0.3, -0.25) is 9.36 Å². The Labute approximate surface area is 134 Å². The van der Waals surface area contributed by atoms with Crippen molar-refractivity contribution in [1.82, 2.24) is 8.87 Å². The van der Waals surface area contributed by atoms with E-state index in [1.165, 1.54) is 0 Å². The van der Waals surface area contributed by atoms with Crippen molar-refractivity contribution in [2.24, 2.45) is 5.92 Å². The summed E-state index contributed by atoms with van der Waals surface area (Å²) in [6.45, 7) is 5.74. The van der Waals surface area contributed by atoms with Crippen molar-refractivity contribution < 1.29 is 8.42 Å². The van der Waals surface area contributed by atoms with Gasteiger partial charge in [-0.1, -0.05) is 18.3 Å². The monoisotopic (exact) mass is 340 g/mol. The second-order valence-corrected chi connectivity index (χ2v) is 8.78. The van der Waals surface area contributed by atoms with E-state index in [-0.39, 0.29) is 4.87 Å². The number of sulfonamides is 1. The summed E-state index contributed by atoms with van der Waals surface area (Å²) in [7, 11) is -3.47. The number of aryl methyl sites for hydroxylation is 1. The Kier molecular flexibility index (Phi) is 4.13. The van der Waals surface area contributed by atoms with Crippen LogP contribution in [0.1, 0.15) is 26.7 Å². The summed E-state index contributed by atoms with van der Waals surface area (Å²) >= 11 is 1.11. The number of hydrogen-bond acceptors (Lipinski definition) is 4. The standard InChI is InChI=1S/C15H20N2O3S2/c1-3-17-13-7-6-12(9-14(13)21-15(17)18)22(19,20)16-8-4-5-11(2)10-16/h6-7,9,11H,3-5,8,10H2,1-2H3. The minimum Gasteiger partial charge on any atom is -0.299 e. The summed E-state index contributed by atoms with van der Waals surface area (Å²) in [4.78, 5) is 12.1. The number of rotatable bonds is 3. The predicted molar refractivity (Wildman–Crippen MR) is 88.9 cm³/mol. The molecule has 2 heterocycles. The van der Waals surface area contributed by atoms with Crippen LogP contribution in [0.5, 0.6) is 0 Å². The maximum Gasteiger partial charge on any atom is 0.308 e. The summed E-state index contributed by atoms with van der Waals surface area (Å²) in [5.74, 6) is 0.393. The molecular formula is C15H20N2O3S2. The van der Waals surface area contributed by atoms with Gasteiger partial charge >= 0.3 is 4.87 Å². The topological polar surface area (TPSA) is 59.4 Å². The fourth-order valence-corrected chi connectivity index (χ4v) is 5.71. The van der Waals surface area contributed by atoms with E-state index in [0.717, 1.165) is 34.4 Å². The van der Waals surface area contributed by atoms with Gasteiger partial charge in [0.05, 0.1) is 15.1 Å². The largest absolute Gasteiger partial charge is 0.308 e. The number of fused-ring (bicyclic) bond motifs is 1. The second kappa shape index (κ2) is 5.79. The Morgan fingerprint density at radius 3 is 2.82 bits per heavy atom. The maximum absolute atomic E-state index is 12.8. The normalized spacial score (nSPS) is 20.5. The highest BCUT2D eigenvalue weighted by molar-refractivity contribution is 7.89. The van der Waals surface area contributed by atoms with Crippen LogP contribution in [-0.4, -0.2) is 30.4 Å². The van der Waals surface area contributed by atoms with Crippen LogP contribution in [0.2, 0.25) is 0 Å². The molecule has 0 aliphatic carbocycles. The van der Waals surface area contributed by atoms with Gasteiger partial charge in [0.25, 0.3) is 0 Å². The van der Waals surface area contributed by atoms with E-state index in [1.807, 2.05) is 6.92 Å². The average molecular weight is 340 g/mol. The first kappa shape index (κ1) is 15.7. The van der Waals surface area contributed by atoms with Gasteiger partial charge in [0.2, 0.25) is 10.0 Å². The van der Waals surface area contributed by atoms with Crippen molar-refractivity contribution in [3.05, 3.63) is 27.9 Å². The van der Waals surface area contributed by atoms with Crippen LogP contribution in [0, 0.1) is 5.92 Å². The third kappa shape index (κ3) is 2.61. The van der Waals surface area contributed by atoms with E-state index in [4.69, 9.17) is 0 Å². The summed E-state index contributed by atoms with van der Waals surface area (Å²) in [5.41, 5.74) is 0.809. The molecule has 1 atom stereocenters. The third-order valence-electron chi connectivity index (χ3n) is 4.21. The number of benzene rings is 1. The lowest BCUT2D eigenvalue weighted by molar-refractivity contribution is 0.281. The van der Waals surface area contributed by atoms with Crippen molar-refractivity contribution in [3.8, 4) is 0 Å². The molecule has 0 N–H and O–H groups in total. The lowest BCUT2D eigenvalue weighted by Crippen LogP contribution is -2.39. The first-order chi connectivity index (χ1) is 10.4. The van der Waals surface area contributed by atoms with E-state index in [1.54, 1.807) is 27.1 Å². The predicted octanol–water partition coefficient (Wildman–Crippen LogP) is 2.50. The molecule has 120 valence electrons. The summed E-state index contributed by atoms with van der Waals surface area (Å²) in [5, 5.41) is 0. The Balaban J connectivity index is 2.04. The van der Waals surface area contributed by atoms with E-state index in [0.29, 0.717) is 30.4 Å². The lowest BCUT2D eigenvalue weighted by Gasteiger charge is -2.30. The number of nitrogens with zero attached hydrogens (tertiary/aromatic N) is 2. The lowest BCUT2D eigenvalue weighted by atomic mass is 10.0.